The monoisotopic (exact) mass is 196 g/mol. The first kappa shape index (κ1) is 12.0. The second-order valence-corrected chi connectivity index (χ2v) is 1.85. The summed E-state index contributed by atoms with van der Waals surface area (Å²) in [7, 11) is 2.62. The molecule has 0 rings (SSSR count). The van der Waals surface area contributed by atoms with Crippen LogP contribution in [0.25, 0.3) is 0 Å². The van der Waals surface area contributed by atoms with Crippen LogP contribution in [0.15, 0.2) is 0 Å². The maximum absolute atomic E-state index is 9.97. The number of carbonyl (C=O) groups excluding carboxylic acids is 1. The van der Waals surface area contributed by atoms with Crippen LogP contribution in [0.1, 0.15) is 12.8 Å². The summed E-state index contributed by atoms with van der Waals surface area (Å²) < 4.78 is 0. The third-order valence-electron chi connectivity index (χ3n) is 0.556. The van der Waals surface area contributed by atoms with Gasteiger partial charge in [-0.15, -0.1) is 14.3 Å². The van der Waals surface area contributed by atoms with Crippen molar-refractivity contribution in [1.82, 2.24) is 0 Å². The summed E-state index contributed by atoms with van der Waals surface area (Å²) in [4.78, 5) is 9.62. The molecule has 0 amide bonds. The average Bonchev–Trinajstić information content (AvgIpc) is 1.61. The molecule has 46 valence electrons. The van der Waals surface area contributed by atoms with Crippen molar-refractivity contribution in [2.45, 2.75) is 12.8 Å². The van der Waals surface area contributed by atoms with Gasteiger partial charge in [-0.25, -0.2) is 0 Å². The van der Waals surface area contributed by atoms with E-state index in [0.717, 1.165) is 0 Å². The minimum absolute atomic E-state index is 0. The van der Waals surface area contributed by atoms with Crippen LogP contribution in [0.5, 0.6) is 0 Å². The molecule has 0 unspecified atom stereocenters. The van der Waals surface area contributed by atoms with E-state index in [1.54, 1.807) is 0 Å². The molecule has 0 saturated carbocycles. The predicted octanol–water partition coefficient (Wildman–Crippen LogP) is -1.85. The summed E-state index contributed by atoms with van der Waals surface area (Å²) in [5, 5.41) is 19.6. The molecule has 0 aliphatic carbocycles. The Hall–Kier alpha value is 0.223. The molecule has 9 heavy (non-hydrogen) atoms. The second-order valence-electron chi connectivity index (χ2n) is 1.30. The topological polar surface area (TPSA) is 63.2 Å². The zero-order valence-electron chi connectivity index (χ0n) is 4.85. The van der Waals surface area contributed by atoms with E-state index < -0.39 is 5.97 Å². The van der Waals surface area contributed by atoms with Crippen molar-refractivity contribution in [1.29, 1.82) is 0 Å². The summed E-state index contributed by atoms with van der Waals surface area (Å²) in [6, 6.07) is 0. The molecule has 3 nitrogen and oxygen atoms in total. The van der Waals surface area contributed by atoms with Gasteiger partial charge in [0.05, 0.1) is 0 Å². The number of hydrogen-bond acceptors (Lipinski definition) is 3. The number of carbonyl (C=O) groups is 1. The van der Waals surface area contributed by atoms with Crippen molar-refractivity contribution in [2.75, 3.05) is 0 Å². The molecule has 5 heteroatoms. The van der Waals surface area contributed by atoms with Gasteiger partial charge in [0.15, 0.2) is 0 Å². The number of hydrogen-bond donors (Lipinski definition) is 0. The van der Waals surface area contributed by atoms with Crippen LogP contribution in [0.3, 0.4) is 0 Å². The van der Waals surface area contributed by atoms with E-state index >= 15 is 0 Å². The van der Waals surface area contributed by atoms with E-state index in [1.807, 2.05) is 0 Å². The van der Waals surface area contributed by atoms with Crippen molar-refractivity contribution in [3.05, 3.63) is 0 Å². The van der Waals surface area contributed by atoms with Gasteiger partial charge < -0.3 is 15.0 Å². The van der Waals surface area contributed by atoms with Crippen LogP contribution in [0.4, 0.5) is 0 Å². The summed E-state index contributed by atoms with van der Waals surface area (Å²) in [5.41, 5.74) is -0.311. The molecule has 0 aromatic carbocycles. The zero-order chi connectivity index (χ0) is 6.57. The zero-order valence-corrected chi connectivity index (χ0v) is 8.81. The van der Waals surface area contributed by atoms with Crippen LogP contribution in [-0.4, -0.2) is 11.4 Å². The smallest absolute Gasteiger partial charge is 0.827 e. The Morgan fingerprint density at radius 3 is 1.89 bits per heavy atom. The standard InChI is InChI=1S/C4H7O3P.Zn/c5-3(6)1-2-4(7)8;/h7-8H,1-2H2,(H,5,6);/q;+2/p-2. The molecule has 0 bridgehead atoms. The summed E-state index contributed by atoms with van der Waals surface area (Å²) in [6.45, 7) is 0. The Morgan fingerprint density at radius 1 is 1.33 bits per heavy atom. The average molecular weight is 197 g/mol. The van der Waals surface area contributed by atoms with Crippen LogP contribution in [0.2, 0.25) is 0 Å². The Kier molecular flexibility index (Phi) is 8.43. The maximum Gasteiger partial charge on any atom is 2.00 e. The number of carboxylic acid groups (broad SMARTS) is 1. The predicted molar refractivity (Wildman–Crippen MR) is 27.6 cm³/mol. The Balaban J connectivity index is 0. The first-order valence-corrected chi connectivity index (χ1v) is 2.57. The quantitative estimate of drug-likeness (QED) is 0.394. The van der Waals surface area contributed by atoms with Crippen LogP contribution in [0, 0.1) is 0 Å². The van der Waals surface area contributed by atoms with E-state index in [1.165, 1.54) is 0 Å². The summed E-state index contributed by atoms with van der Waals surface area (Å²) in [6.07, 6.45) is -0.207. The van der Waals surface area contributed by atoms with Gasteiger partial charge in [0, 0.05) is 5.97 Å². The molecule has 0 N–H and O–H groups in total. The van der Waals surface area contributed by atoms with Crippen molar-refractivity contribution < 1.29 is 34.5 Å². The molecule has 0 heterocycles. The number of aliphatic carboxylic acids is 1. The van der Waals surface area contributed by atoms with E-state index in [9.17, 15) is 15.0 Å². The molecule has 0 radical (unpaired) electrons. The van der Waals surface area contributed by atoms with Gasteiger partial charge in [-0.2, -0.15) is 0 Å². The molecule has 0 saturated heterocycles. The van der Waals surface area contributed by atoms with Crippen LogP contribution >= 0.6 is 8.86 Å². The molecule has 0 aliphatic heterocycles. The molecule has 0 aromatic heterocycles. The minimum atomic E-state index is -1.20. The van der Waals surface area contributed by atoms with E-state index in [2.05, 4.69) is 8.86 Å². The molecular weight excluding hydrogens is 192 g/mol. The summed E-state index contributed by atoms with van der Waals surface area (Å²) >= 11 is 0. The van der Waals surface area contributed by atoms with Crippen LogP contribution in [-0.2, 0) is 24.3 Å². The van der Waals surface area contributed by atoms with Crippen molar-refractivity contribution in [2.24, 2.45) is 0 Å². The number of carboxylic acids is 1. The van der Waals surface area contributed by atoms with E-state index in [-0.39, 0.29) is 37.8 Å². The van der Waals surface area contributed by atoms with Gasteiger partial charge in [-0.05, 0) is 12.8 Å². The van der Waals surface area contributed by atoms with Crippen LogP contribution < -0.4 is 10.2 Å². The first-order valence-electron chi connectivity index (χ1n) is 2.07. The molecule has 0 spiro atoms. The maximum atomic E-state index is 9.97. The number of rotatable bonds is 3. The molecule has 0 aliphatic rings. The Morgan fingerprint density at radius 2 is 1.78 bits per heavy atom. The van der Waals surface area contributed by atoms with Gasteiger partial charge in [0.25, 0.3) is 0 Å². The molecular formula is C4H5O3PZn. The van der Waals surface area contributed by atoms with Gasteiger partial charge in [-0.1, -0.05) is 0 Å². The first-order chi connectivity index (χ1) is 3.63. The Labute approximate surface area is 68.1 Å². The fourth-order valence-corrected chi connectivity index (χ4v) is 0.341. The fourth-order valence-electron chi connectivity index (χ4n) is 0.216. The third-order valence-corrected chi connectivity index (χ3v) is 0.806. The summed E-state index contributed by atoms with van der Waals surface area (Å²) in [5.74, 6) is -1.20. The van der Waals surface area contributed by atoms with Gasteiger partial charge >= 0.3 is 19.5 Å². The fraction of sp³-hybridized carbons (Fsp3) is 0.500. The van der Waals surface area contributed by atoms with Crippen molar-refractivity contribution >= 4 is 20.3 Å². The molecule has 0 aromatic rings. The molecule has 0 atom stereocenters. The largest absolute Gasteiger partial charge is 2.00 e. The van der Waals surface area contributed by atoms with Gasteiger partial charge in [-0.3, -0.25) is 0 Å². The van der Waals surface area contributed by atoms with Gasteiger partial charge in [0.1, 0.15) is 0 Å². The normalized spacial score (nSPS) is 7.67. The molecule has 0 fully saturated rings. The third kappa shape index (κ3) is 11.7. The van der Waals surface area contributed by atoms with E-state index in [0.29, 0.717) is 0 Å². The minimum Gasteiger partial charge on any atom is -0.827 e. The van der Waals surface area contributed by atoms with Crippen molar-refractivity contribution in [3.8, 4) is 0 Å². The Bertz CT molecular complexity index is 100. The SMILES string of the molecule is O=C([O-])CCC([O-])=P.[Zn+2]. The van der Waals surface area contributed by atoms with E-state index in [4.69, 9.17) is 0 Å². The van der Waals surface area contributed by atoms with Crippen molar-refractivity contribution in [3.63, 3.8) is 0 Å². The van der Waals surface area contributed by atoms with Gasteiger partial charge in [0.2, 0.25) is 0 Å². The second kappa shape index (κ2) is 6.34.